The summed E-state index contributed by atoms with van der Waals surface area (Å²) in [6.07, 6.45) is 1.79. The number of carbonyl (C=O) groups is 1. The third-order valence-electron chi connectivity index (χ3n) is 3.06. The third kappa shape index (κ3) is 4.01. The molecule has 0 fully saturated rings. The van der Waals surface area contributed by atoms with Crippen molar-refractivity contribution in [1.82, 2.24) is 14.9 Å². The van der Waals surface area contributed by atoms with Crippen molar-refractivity contribution in [2.45, 2.75) is 33.2 Å². The molecule has 2 heterocycles. The Balaban J connectivity index is 2.14. The number of amides is 1. The van der Waals surface area contributed by atoms with Crippen LogP contribution in [-0.2, 0) is 13.0 Å². The molecule has 0 atom stereocenters. The second kappa shape index (κ2) is 6.67. The largest absolute Gasteiger partial charge is 0.384 e. The average Bonchev–Trinajstić information content (AvgIpc) is 2.83. The summed E-state index contributed by atoms with van der Waals surface area (Å²) in [6, 6.07) is 3.45. The molecular formula is C15H20N4OS. The highest BCUT2D eigenvalue weighted by molar-refractivity contribution is 7.09. The first kappa shape index (κ1) is 15.4. The molecule has 0 aliphatic carbocycles. The molecule has 21 heavy (non-hydrogen) atoms. The molecule has 2 aromatic rings. The van der Waals surface area contributed by atoms with Gasteiger partial charge >= 0.3 is 0 Å². The van der Waals surface area contributed by atoms with E-state index < -0.39 is 0 Å². The Hall–Kier alpha value is -1.95. The van der Waals surface area contributed by atoms with Crippen LogP contribution in [0.5, 0.6) is 0 Å². The van der Waals surface area contributed by atoms with Crippen molar-refractivity contribution in [3.05, 3.63) is 39.5 Å². The van der Waals surface area contributed by atoms with Gasteiger partial charge in [-0.2, -0.15) is 0 Å². The van der Waals surface area contributed by atoms with Gasteiger partial charge in [0.25, 0.3) is 5.91 Å². The Labute approximate surface area is 128 Å². The first-order valence-corrected chi connectivity index (χ1v) is 7.80. The van der Waals surface area contributed by atoms with E-state index in [1.165, 1.54) is 0 Å². The van der Waals surface area contributed by atoms with E-state index in [1.54, 1.807) is 29.4 Å². The number of anilines is 1. The van der Waals surface area contributed by atoms with E-state index in [2.05, 4.69) is 16.9 Å². The lowest BCUT2D eigenvalue weighted by atomic mass is 10.1. The fourth-order valence-electron chi connectivity index (χ4n) is 2.13. The van der Waals surface area contributed by atoms with Crippen molar-refractivity contribution in [3.63, 3.8) is 0 Å². The van der Waals surface area contributed by atoms with Crippen LogP contribution in [0.15, 0.2) is 17.5 Å². The molecule has 0 radical (unpaired) electrons. The number of hydrogen-bond acceptors (Lipinski definition) is 5. The van der Waals surface area contributed by atoms with Crippen LogP contribution in [0.2, 0.25) is 0 Å². The molecule has 0 aliphatic heterocycles. The number of carbonyl (C=O) groups excluding carboxylic acids is 1. The van der Waals surface area contributed by atoms with Crippen molar-refractivity contribution >= 4 is 23.1 Å². The maximum atomic E-state index is 12.5. The highest BCUT2D eigenvalue weighted by atomic mass is 32.1. The molecule has 2 rings (SSSR count). The number of aryl methyl sites for hydroxylation is 2. The van der Waals surface area contributed by atoms with Crippen molar-refractivity contribution in [2.75, 3.05) is 12.8 Å². The summed E-state index contributed by atoms with van der Waals surface area (Å²) in [5, 5.41) is 2.98. The predicted octanol–water partition coefficient (Wildman–Crippen LogP) is 2.65. The fourth-order valence-corrected chi connectivity index (χ4v) is 2.74. The van der Waals surface area contributed by atoms with Crippen LogP contribution in [0.25, 0.3) is 0 Å². The van der Waals surface area contributed by atoms with Crippen molar-refractivity contribution < 1.29 is 4.79 Å². The molecule has 5 nitrogen and oxygen atoms in total. The number of thiazole rings is 1. The Morgan fingerprint density at radius 1 is 1.33 bits per heavy atom. The third-order valence-corrected chi connectivity index (χ3v) is 3.89. The van der Waals surface area contributed by atoms with Crippen LogP contribution in [0.1, 0.15) is 40.1 Å². The van der Waals surface area contributed by atoms with Gasteiger partial charge in [-0.15, -0.1) is 11.3 Å². The molecule has 0 aromatic carbocycles. The molecule has 0 bridgehead atoms. The van der Waals surface area contributed by atoms with Gasteiger partial charge in [-0.1, -0.05) is 13.3 Å². The van der Waals surface area contributed by atoms with Crippen molar-refractivity contribution in [3.8, 4) is 0 Å². The summed E-state index contributed by atoms with van der Waals surface area (Å²) in [6.45, 7) is 4.52. The Morgan fingerprint density at radius 2 is 2.10 bits per heavy atom. The van der Waals surface area contributed by atoms with Gasteiger partial charge in [-0.05, 0) is 25.5 Å². The second-order valence-corrected chi connectivity index (χ2v) is 6.10. The summed E-state index contributed by atoms with van der Waals surface area (Å²) in [7, 11) is 1.77. The molecule has 0 spiro atoms. The van der Waals surface area contributed by atoms with Crippen LogP contribution < -0.4 is 5.73 Å². The minimum atomic E-state index is -0.0629. The summed E-state index contributed by atoms with van der Waals surface area (Å²) in [5.74, 6) is 0.328. The normalized spacial score (nSPS) is 10.6. The minimum Gasteiger partial charge on any atom is -0.384 e. The van der Waals surface area contributed by atoms with Gasteiger partial charge in [0.2, 0.25) is 0 Å². The van der Waals surface area contributed by atoms with E-state index in [1.807, 2.05) is 18.4 Å². The van der Waals surface area contributed by atoms with E-state index in [0.717, 1.165) is 29.2 Å². The molecular weight excluding hydrogens is 284 g/mol. The van der Waals surface area contributed by atoms with Gasteiger partial charge in [0.05, 0.1) is 17.2 Å². The van der Waals surface area contributed by atoms with Gasteiger partial charge in [-0.3, -0.25) is 4.79 Å². The smallest absolute Gasteiger partial charge is 0.254 e. The molecule has 0 saturated carbocycles. The summed E-state index contributed by atoms with van der Waals surface area (Å²) < 4.78 is 0. The number of nitrogens with two attached hydrogens (primary N) is 1. The highest BCUT2D eigenvalue weighted by Crippen LogP contribution is 2.14. The number of rotatable bonds is 5. The first-order chi connectivity index (χ1) is 9.99. The molecule has 0 aliphatic rings. The van der Waals surface area contributed by atoms with Gasteiger partial charge < -0.3 is 10.6 Å². The molecule has 2 N–H and O–H groups in total. The van der Waals surface area contributed by atoms with Crippen LogP contribution in [0, 0.1) is 6.92 Å². The van der Waals surface area contributed by atoms with Crippen molar-refractivity contribution in [2.24, 2.45) is 0 Å². The topological polar surface area (TPSA) is 72.1 Å². The van der Waals surface area contributed by atoms with Gasteiger partial charge in [-0.25, -0.2) is 9.97 Å². The summed E-state index contributed by atoms with van der Waals surface area (Å²) in [4.78, 5) is 22.8. The first-order valence-electron chi connectivity index (χ1n) is 6.92. The SMILES string of the molecule is CCCc1cc(C(=O)N(C)Cc2csc(C)n2)cc(N)n1. The van der Waals surface area contributed by atoms with Crippen LogP contribution in [-0.4, -0.2) is 27.8 Å². The zero-order valence-electron chi connectivity index (χ0n) is 12.6. The lowest BCUT2D eigenvalue weighted by Gasteiger charge is -2.16. The summed E-state index contributed by atoms with van der Waals surface area (Å²) in [5.41, 5.74) is 8.14. The quantitative estimate of drug-likeness (QED) is 0.921. The van der Waals surface area contributed by atoms with Crippen molar-refractivity contribution in [1.29, 1.82) is 0 Å². The number of hydrogen-bond donors (Lipinski definition) is 1. The maximum absolute atomic E-state index is 12.5. The second-order valence-electron chi connectivity index (χ2n) is 5.04. The summed E-state index contributed by atoms with van der Waals surface area (Å²) >= 11 is 1.59. The standard InChI is InChI=1S/C15H20N4OS/c1-4-5-12-6-11(7-14(16)18-12)15(20)19(3)8-13-9-21-10(2)17-13/h6-7,9H,4-5,8H2,1-3H3,(H2,16,18). The lowest BCUT2D eigenvalue weighted by Crippen LogP contribution is -2.26. The molecule has 112 valence electrons. The van der Waals surface area contributed by atoms with Gasteiger partial charge in [0.1, 0.15) is 5.82 Å². The Bertz CT molecular complexity index is 638. The predicted molar refractivity (Wildman–Crippen MR) is 85.3 cm³/mol. The molecule has 2 aromatic heterocycles. The van der Waals surface area contributed by atoms with E-state index >= 15 is 0 Å². The van der Waals surface area contributed by atoms with Gasteiger partial charge in [0.15, 0.2) is 0 Å². The number of nitrogen functional groups attached to an aromatic ring is 1. The number of aromatic nitrogens is 2. The molecule has 0 unspecified atom stereocenters. The monoisotopic (exact) mass is 304 g/mol. The number of pyridine rings is 1. The Morgan fingerprint density at radius 3 is 2.71 bits per heavy atom. The van der Waals surface area contributed by atoms with Crippen LogP contribution in [0.4, 0.5) is 5.82 Å². The highest BCUT2D eigenvalue weighted by Gasteiger charge is 2.15. The van der Waals surface area contributed by atoms with E-state index in [0.29, 0.717) is 17.9 Å². The van der Waals surface area contributed by atoms with E-state index in [9.17, 15) is 4.79 Å². The van der Waals surface area contributed by atoms with Gasteiger partial charge in [0, 0.05) is 23.7 Å². The maximum Gasteiger partial charge on any atom is 0.254 e. The molecule has 1 amide bonds. The zero-order valence-corrected chi connectivity index (χ0v) is 13.4. The lowest BCUT2D eigenvalue weighted by molar-refractivity contribution is 0.0783. The fraction of sp³-hybridized carbons (Fsp3) is 0.400. The number of nitrogens with zero attached hydrogens (tertiary/aromatic N) is 3. The minimum absolute atomic E-state index is 0.0629. The zero-order chi connectivity index (χ0) is 15.4. The van der Waals surface area contributed by atoms with Crippen LogP contribution >= 0.6 is 11.3 Å². The van der Waals surface area contributed by atoms with E-state index in [-0.39, 0.29) is 5.91 Å². The molecule has 0 saturated heterocycles. The van der Waals surface area contributed by atoms with Crippen LogP contribution in [0.3, 0.4) is 0 Å². The average molecular weight is 304 g/mol. The van der Waals surface area contributed by atoms with E-state index in [4.69, 9.17) is 5.73 Å². The molecule has 6 heteroatoms. The Kier molecular flexibility index (Phi) is 4.90.